The number of nitrogens with zero attached hydrogens (tertiary/aromatic N) is 3. The third-order valence-electron chi connectivity index (χ3n) is 4.92. The number of H-pyrrole nitrogens is 1. The van der Waals surface area contributed by atoms with Crippen LogP contribution in [0.2, 0.25) is 5.02 Å². The number of aromatic nitrogens is 3. The molecule has 0 amide bonds. The van der Waals surface area contributed by atoms with E-state index in [0.717, 1.165) is 47.8 Å². The number of hydrogen-bond donors (Lipinski definition) is 3. The van der Waals surface area contributed by atoms with Gasteiger partial charge in [0, 0.05) is 41.3 Å². The lowest BCUT2D eigenvalue weighted by Gasteiger charge is -2.27. The molecule has 4 rings (SSSR count). The van der Waals surface area contributed by atoms with Crippen LogP contribution in [0.1, 0.15) is 28.7 Å². The minimum absolute atomic E-state index is 0.309. The Morgan fingerprint density at radius 3 is 2.96 bits per heavy atom. The van der Waals surface area contributed by atoms with Gasteiger partial charge < -0.3 is 15.2 Å². The first-order valence-electron chi connectivity index (χ1n) is 8.39. The van der Waals surface area contributed by atoms with E-state index >= 15 is 0 Å². The van der Waals surface area contributed by atoms with Crippen LogP contribution in [0, 0.1) is 6.92 Å². The molecule has 25 heavy (non-hydrogen) atoms. The molecule has 1 aromatic carbocycles. The maximum absolute atomic E-state index is 9.76. The second-order valence-corrected chi connectivity index (χ2v) is 7.05. The third-order valence-corrected chi connectivity index (χ3v) is 5.15. The Morgan fingerprint density at radius 1 is 1.32 bits per heavy atom. The van der Waals surface area contributed by atoms with Crippen molar-refractivity contribution in [2.24, 2.45) is 0 Å². The van der Waals surface area contributed by atoms with E-state index in [4.69, 9.17) is 16.7 Å². The summed E-state index contributed by atoms with van der Waals surface area (Å²) in [6.45, 7) is 5.06. The second kappa shape index (κ2) is 6.46. The van der Waals surface area contributed by atoms with Gasteiger partial charge in [-0.25, -0.2) is 0 Å². The average Bonchev–Trinajstić information content (AvgIpc) is 3.16. The fourth-order valence-electron chi connectivity index (χ4n) is 3.47. The summed E-state index contributed by atoms with van der Waals surface area (Å²) in [6, 6.07) is 7.80. The zero-order valence-electron chi connectivity index (χ0n) is 14.0. The molecule has 0 unspecified atom stereocenters. The monoisotopic (exact) mass is 360 g/mol. The van der Waals surface area contributed by atoms with Gasteiger partial charge in [0.25, 0.3) is 0 Å². The van der Waals surface area contributed by atoms with Crippen LogP contribution < -0.4 is 0 Å². The summed E-state index contributed by atoms with van der Waals surface area (Å²) in [5, 5.41) is 25.2. The largest absolute Gasteiger partial charge is 0.393 e. The summed E-state index contributed by atoms with van der Waals surface area (Å²) < 4.78 is 1.92. The molecule has 0 fully saturated rings. The minimum Gasteiger partial charge on any atom is -0.393 e. The van der Waals surface area contributed by atoms with Gasteiger partial charge in [0.05, 0.1) is 24.5 Å². The average molecular weight is 361 g/mol. The molecule has 3 aromatic rings. The molecule has 0 aliphatic carbocycles. The van der Waals surface area contributed by atoms with Gasteiger partial charge in [-0.1, -0.05) is 11.6 Å². The van der Waals surface area contributed by atoms with Crippen molar-refractivity contribution in [2.45, 2.75) is 32.7 Å². The fraction of sp³-hybridized carbons (Fsp3) is 0.389. The van der Waals surface area contributed by atoms with Gasteiger partial charge in [0.2, 0.25) is 0 Å². The van der Waals surface area contributed by atoms with E-state index in [9.17, 15) is 5.11 Å². The number of rotatable bonds is 4. The van der Waals surface area contributed by atoms with E-state index in [2.05, 4.69) is 21.9 Å². The van der Waals surface area contributed by atoms with E-state index in [1.165, 1.54) is 11.3 Å². The number of fused-ring (bicyclic) bond motifs is 2. The summed E-state index contributed by atoms with van der Waals surface area (Å²) in [5.41, 5.74) is 5.13. The lowest BCUT2D eigenvalue weighted by Crippen LogP contribution is -2.33. The standard InChI is InChI=1S/C18H21ClN4O2/c1-11-14-6-12(19)2-3-15(14)20-17(11)9-22-4-5-23-13(8-22)7-16(21-23)18(25)10-24/h2-3,6-7,18,20,24-25H,4-5,8-10H2,1H3/t18-/m0/s1. The van der Waals surface area contributed by atoms with Crippen molar-refractivity contribution >= 4 is 22.5 Å². The highest BCUT2D eigenvalue weighted by molar-refractivity contribution is 6.31. The van der Waals surface area contributed by atoms with E-state index in [0.29, 0.717) is 5.69 Å². The fourth-order valence-corrected chi connectivity index (χ4v) is 3.64. The van der Waals surface area contributed by atoms with E-state index in [1.54, 1.807) is 0 Å². The highest BCUT2D eigenvalue weighted by Gasteiger charge is 2.22. The molecule has 1 aliphatic heterocycles. The maximum Gasteiger partial charge on any atom is 0.121 e. The van der Waals surface area contributed by atoms with Crippen molar-refractivity contribution in [1.82, 2.24) is 19.7 Å². The van der Waals surface area contributed by atoms with Crippen LogP contribution in [0.5, 0.6) is 0 Å². The van der Waals surface area contributed by atoms with Gasteiger partial charge in [-0.15, -0.1) is 0 Å². The molecule has 6 nitrogen and oxygen atoms in total. The molecule has 3 heterocycles. The summed E-state index contributed by atoms with van der Waals surface area (Å²) in [4.78, 5) is 5.85. The number of benzene rings is 1. The predicted octanol–water partition coefficient (Wildman–Crippen LogP) is 2.37. The van der Waals surface area contributed by atoms with E-state index in [1.807, 2.05) is 28.9 Å². The summed E-state index contributed by atoms with van der Waals surface area (Å²) in [6.07, 6.45) is -0.910. The SMILES string of the molecule is Cc1c(CN2CCn3nc([C@@H](O)CO)cc3C2)[nH]c2ccc(Cl)cc12. The maximum atomic E-state index is 9.76. The van der Waals surface area contributed by atoms with E-state index in [-0.39, 0.29) is 6.61 Å². The highest BCUT2D eigenvalue weighted by Crippen LogP contribution is 2.27. The van der Waals surface area contributed by atoms with Crippen LogP contribution in [0.4, 0.5) is 0 Å². The molecular weight excluding hydrogens is 340 g/mol. The molecule has 3 N–H and O–H groups in total. The zero-order chi connectivity index (χ0) is 17.6. The van der Waals surface area contributed by atoms with Gasteiger partial charge in [0.1, 0.15) is 6.10 Å². The minimum atomic E-state index is -0.910. The van der Waals surface area contributed by atoms with Crippen molar-refractivity contribution in [3.05, 3.63) is 51.9 Å². The van der Waals surface area contributed by atoms with Crippen LogP contribution in [0.15, 0.2) is 24.3 Å². The third kappa shape index (κ3) is 3.06. The predicted molar refractivity (Wildman–Crippen MR) is 96.4 cm³/mol. The molecule has 7 heteroatoms. The number of aliphatic hydroxyl groups excluding tert-OH is 2. The molecule has 1 aliphatic rings. The second-order valence-electron chi connectivity index (χ2n) is 6.61. The van der Waals surface area contributed by atoms with Crippen molar-refractivity contribution in [3.8, 4) is 0 Å². The Bertz CT molecular complexity index is 917. The first-order valence-corrected chi connectivity index (χ1v) is 8.77. The molecule has 0 saturated carbocycles. The number of aromatic amines is 1. The van der Waals surface area contributed by atoms with Gasteiger partial charge in [-0.2, -0.15) is 5.10 Å². The first-order chi connectivity index (χ1) is 12.0. The van der Waals surface area contributed by atoms with Crippen molar-refractivity contribution in [3.63, 3.8) is 0 Å². The Hall–Kier alpha value is -1.86. The van der Waals surface area contributed by atoms with Crippen molar-refractivity contribution < 1.29 is 10.2 Å². The molecular formula is C18H21ClN4O2. The molecule has 0 bridgehead atoms. The number of nitrogens with one attached hydrogen (secondary N) is 1. The smallest absolute Gasteiger partial charge is 0.121 e. The van der Waals surface area contributed by atoms with Crippen LogP contribution >= 0.6 is 11.6 Å². The summed E-state index contributed by atoms with van der Waals surface area (Å²) >= 11 is 6.12. The summed E-state index contributed by atoms with van der Waals surface area (Å²) in [7, 11) is 0. The van der Waals surface area contributed by atoms with E-state index < -0.39 is 6.10 Å². The molecule has 0 saturated heterocycles. The van der Waals surface area contributed by atoms with Gasteiger partial charge in [-0.05, 0) is 36.8 Å². The quantitative estimate of drug-likeness (QED) is 0.667. The van der Waals surface area contributed by atoms with Crippen LogP contribution in [-0.4, -0.2) is 43.0 Å². The number of aliphatic hydroxyl groups is 2. The number of hydrogen-bond acceptors (Lipinski definition) is 4. The molecule has 2 aromatic heterocycles. The lowest BCUT2D eigenvalue weighted by atomic mass is 10.1. The lowest BCUT2D eigenvalue weighted by molar-refractivity contribution is 0.0915. The van der Waals surface area contributed by atoms with Gasteiger partial charge in [0.15, 0.2) is 0 Å². The Kier molecular flexibility index (Phi) is 4.29. The van der Waals surface area contributed by atoms with Crippen molar-refractivity contribution in [1.29, 1.82) is 0 Å². The van der Waals surface area contributed by atoms with Gasteiger partial charge in [-0.3, -0.25) is 9.58 Å². The van der Waals surface area contributed by atoms with Crippen molar-refractivity contribution in [2.75, 3.05) is 13.2 Å². The number of halogens is 1. The normalized spacial score (nSPS) is 16.3. The van der Waals surface area contributed by atoms with Crippen LogP contribution in [-0.2, 0) is 19.6 Å². The molecule has 1 atom stereocenters. The molecule has 0 radical (unpaired) electrons. The Labute approximate surface area is 150 Å². The summed E-state index contributed by atoms with van der Waals surface area (Å²) in [5.74, 6) is 0. The molecule has 132 valence electrons. The Morgan fingerprint density at radius 2 is 2.16 bits per heavy atom. The van der Waals surface area contributed by atoms with Crippen LogP contribution in [0.25, 0.3) is 10.9 Å². The number of aryl methyl sites for hydroxylation is 1. The molecule has 0 spiro atoms. The Balaban J connectivity index is 1.55. The topological polar surface area (TPSA) is 77.3 Å². The van der Waals surface area contributed by atoms with Gasteiger partial charge >= 0.3 is 0 Å². The highest BCUT2D eigenvalue weighted by atomic mass is 35.5. The first kappa shape index (κ1) is 16.6. The van der Waals surface area contributed by atoms with Crippen LogP contribution in [0.3, 0.4) is 0 Å². The zero-order valence-corrected chi connectivity index (χ0v) is 14.8.